The Morgan fingerprint density at radius 2 is 2.06 bits per heavy atom. The van der Waals surface area contributed by atoms with Crippen molar-refractivity contribution >= 4 is 5.97 Å². The van der Waals surface area contributed by atoms with Crippen molar-refractivity contribution in [1.82, 2.24) is 4.90 Å². The fourth-order valence-electron chi connectivity index (χ4n) is 2.66. The molecule has 0 bridgehead atoms. The van der Waals surface area contributed by atoms with Crippen LogP contribution in [0.2, 0.25) is 0 Å². The first-order valence-electron chi connectivity index (χ1n) is 5.79. The van der Waals surface area contributed by atoms with Crippen LogP contribution in [0.5, 0.6) is 5.75 Å². The molecule has 92 valence electrons. The zero-order chi connectivity index (χ0) is 12.4. The summed E-state index contributed by atoms with van der Waals surface area (Å²) < 4.78 is 0. The Balaban J connectivity index is 2.21. The molecule has 1 fully saturated rings. The maximum absolute atomic E-state index is 10.8. The molecule has 0 radical (unpaired) electrons. The Morgan fingerprint density at radius 3 is 2.65 bits per heavy atom. The van der Waals surface area contributed by atoms with E-state index in [2.05, 4.69) is 4.90 Å². The van der Waals surface area contributed by atoms with E-state index in [4.69, 9.17) is 5.11 Å². The van der Waals surface area contributed by atoms with Crippen molar-refractivity contribution in [3.8, 4) is 5.75 Å². The summed E-state index contributed by atoms with van der Waals surface area (Å²) in [6.07, 6.45) is 1.12. The number of aromatic hydroxyl groups is 1. The topological polar surface area (TPSA) is 60.8 Å². The van der Waals surface area contributed by atoms with Crippen molar-refractivity contribution in [2.24, 2.45) is 5.92 Å². The van der Waals surface area contributed by atoms with Gasteiger partial charge in [0.2, 0.25) is 0 Å². The van der Waals surface area contributed by atoms with Crippen LogP contribution >= 0.6 is 0 Å². The molecule has 0 aromatic heterocycles. The standard InChI is InChI=1S/C13H17NO3/c1-14-7-6-10(8-12(16)17)13(14)9-2-4-11(15)5-3-9/h2-5,10,13,15H,6-8H2,1H3,(H,16,17)/t10-,13-/m1/s1. The summed E-state index contributed by atoms with van der Waals surface area (Å²) in [5, 5.41) is 18.2. The molecule has 2 atom stereocenters. The van der Waals surface area contributed by atoms with E-state index in [1.807, 2.05) is 19.2 Å². The van der Waals surface area contributed by atoms with Crippen LogP contribution in [0.15, 0.2) is 24.3 Å². The zero-order valence-corrected chi connectivity index (χ0v) is 9.84. The summed E-state index contributed by atoms with van der Waals surface area (Å²) in [7, 11) is 2.01. The molecule has 1 saturated heterocycles. The Labute approximate surface area is 100 Å². The molecule has 1 aromatic rings. The minimum absolute atomic E-state index is 0.145. The van der Waals surface area contributed by atoms with E-state index >= 15 is 0 Å². The van der Waals surface area contributed by atoms with Crippen molar-refractivity contribution in [3.05, 3.63) is 29.8 Å². The molecule has 4 nitrogen and oxygen atoms in total. The molecule has 0 unspecified atom stereocenters. The summed E-state index contributed by atoms with van der Waals surface area (Å²) in [5.74, 6) is -0.347. The summed E-state index contributed by atoms with van der Waals surface area (Å²) in [6, 6.07) is 7.19. The first-order chi connectivity index (χ1) is 8.08. The number of likely N-dealkylation sites (tertiary alicyclic amines) is 1. The van der Waals surface area contributed by atoms with E-state index in [9.17, 15) is 9.90 Å². The average molecular weight is 235 g/mol. The normalized spacial score (nSPS) is 25.0. The number of phenolic OH excluding ortho intramolecular Hbond substituents is 1. The fraction of sp³-hybridized carbons (Fsp3) is 0.462. The van der Waals surface area contributed by atoms with Gasteiger partial charge in [-0.3, -0.25) is 9.69 Å². The number of hydrogen-bond donors (Lipinski definition) is 2. The van der Waals surface area contributed by atoms with Gasteiger partial charge in [0.05, 0.1) is 6.42 Å². The second-order valence-electron chi connectivity index (χ2n) is 4.66. The number of carbonyl (C=O) groups is 1. The second-order valence-corrected chi connectivity index (χ2v) is 4.66. The van der Waals surface area contributed by atoms with E-state index in [0.29, 0.717) is 0 Å². The predicted molar refractivity (Wildman–Crippen MR) is 63.8 cm³/mol. The number of carboxylic acids is 1. The summed E-state index contributed by atoms with van der Waals surface area (Å²) in [5.41, 5.74) is 1.08. The van der Waals surface area contributed by atoms with Gasteiger partial charge in [0.1, 0.15) is 5.75 Å². The lowest BCUT2D eigenvalue weighted by Crippen LogP contribution is -2.22. The lowest BCUT2D eigenvalue weighted by atomic mass is 9.91. The van der Waals surface area contributed by atoms with Gasteiger partial charge in [-0.05, 0) is 43.6 Å². The lowest BCUT2D eigenvalue weighted by Gasteiger charge is -2.24. The van der Waals surface area contributed by atoms with Gasteiger partial charge in [-0.1, -0.05) is 12.1 Å². The molecular formula is C13H17NO3. The third kappa shape index (κ3) is 2.58. The monoisotopic (exact) mass is 235 g/mol. The smallest absolute Gasteiger partial charge is 0.303 e. The number of aliphatic carboxylic acids is 1. The van der Waals surface area contributed by atoms with Gasteiger partial charge >= 0.3 is 5.97 Å². The fourth-order valence-corrected chi connectivity index (χ4v) is 2.66. The largest absolute Gasteiger partial charge is 0.508 e. The molecule has 2 N–H and O–H groups in total. The molecule has 1 aliphatic rings. The van der Waals surface area contributed by atoms with E-state index in [0.717, 1.165) is 18.5 Å². The van der Waals surface area contributed by atoms with Crippen LogP contribution in [0.4, 0.5) is 0 Å². The zero-order valence-electron chi connectivity index (χ0n) is 9.84. The minimum atomic E-state index is -0.742. The average Bonchev–Trinajstić information content (AvgIpc) is 2.61. The molecule has 0 amide bonds. The summed E-state index contributed by atoms with van der Waals surface area (Å²) >= 11 is 0. The molecule has 1 aliphatic heterocycles. The van der Waals surface area contributed by atoms with Crippen molar-refractivity contribution in [3.63, 3.8) is 0 Å². The third-order valence-electron chi connectivity index (χ3n) is 3.45. The number of phenols is 1. The molecule has 0 aliphatic carbocycles. The maximum Gasteiger partial charge on any atom is 0.303 e. The Hall–Kier alpha value is -1.55. The van der Waals surface area contributed by atoms with Crippen LogP contribution in [-0.4, -0.2) is 34.7 Å². The molecule has 1 heterocycles. The molecule has 2 rings (SSSR count). The first kappa shape index (κ1) is 11.9. The van der Waals surface area contributed by atoms with Crippen LogP contribution < -0.4 is 0 Å². The van der Waals surface area contributed by atoms with Gasteiger partial charge in [-0.25, -0.2) is 0 Å². The Morgan fingerprint density at radius 1 is 1.41 bits per heavy atom. The quantitative estimate of drug-likeness (QED) is 0.839. The van der Waals surface area contributed by atoms with E-state index in [1.165, 1.54) is 0 Å². The van der Waals surface area contributed by atoms with Gasteiger partial charge in [-0.2, -0.15) is 0 Å². The van der Waals surface area contributed by atoms with Crippen molar-refractivity contribution < 1.29 is 15.0 Å². The number of hydrogen-bond acceptors (Lipinski definition) is 3. The molecular weight excluding hydrogens is 218 g/mol. The third-order valence-corrected chi connectivity index (χ3v) is 3.45. The Kier molecular flexibility index (Phi) is 3.33. The molecule has 1 aromatic carbocycles. The maximum atomic E-state index is 10.8. The molecule has 4 heteroatoms. The van der Waals surface area contributed by atoms with E-state index in [-0.39, 0.29) is 24.1 Å². The van der Waals surface area contributed by atoms with Gasteiger partial charge in [0, 0.05) is 6.04 Å². The van der Waals surface area contributed by atoms with Crippen molar-refractivity contribution in [2.75, 3.05) is 13.6 Å². The molecule has 17 heavy (non-hydrogen) atoms. The lowest BCUT2D eigenvalue weighted by molar-refractivity contribution is -0.138. The van der Waals surface area contributed by atoms with Gasteiger partial charge < -0.3 is 10.2 Å². The van der Waals surface area contributed by atoms with Gasteiger partial charge in [0.25, 0.3) is 0 Å². The van der Waals surface area contributed by atoms with Crippen LogP contribution in [-0.2, 0) is 4.79 Å². The van der Waals surface area contributed by atoms with Crippen molar-refractivity contribution in [1.29, 1.82) is 0 Å². The number of rotatable bonds is 3. The Bertz CT molecular complexity index is 402. The first-order valence-corrected chi connectivity index (χ1v) is 5.79. The van der Waals surface area contributed by atoms with Gasteiger partial charge in [0.15, 0.2) is 0 Å². The highest BCUT2D eigenvalue weighted by atomic mass is 16.4. The highest BCUT2D eigenvalue weighted by molar-refractivity contribution is 5.67. The minimum Gasteiger partial charge on any atom is -0.508 e. The SMILES string of the molecule is CN1CC[C@H](CC(=O)O)[C@H]1c1ccc(O)cc1. The number of carboxylic acid groups (broad SMARTS) is 1. The van der Waals surface area contributed by atoms with E-state index in [1.54, 1.807) is 12.1 Å². The number of benzene rings is 1. The molecule has 0 saturated carbocycles. The number of nitrogens with zero attached hydrogens (tertiary/aromatic N) is 1. The van der Waals surface area contributed by atoms with Crippen LogP contribution in [0, 0.1) is 5.92 Å². The molecule has 0 spiro atoms. The predicted octanol–water partition coefficient (Wildman–Crippen LogP) is 1.86. The highest BCUT2D eigenvalue weighted by Gasteiger charge is 2.34. The van der Waals surface area contributed by atoms with Gasteiger partial charge in [-0.15, -0.1) is 0 Å². The van der Waals surface area contributed by atoms with Crippen LogP contribution in [0.25, 0.3) is 0 Å². The van der Waals surface area contributed by atoms with E-state index < -0.39 is 5.97 Å². The van der Waals surface area contributed by atoms with Crippen LogP contribution in [0.1, 0.15) is 24.4 Å². The van der Waals surface area contributed by atoms with Crippen LogP contribution in [0.3, 0.4) is 0 Å². The second kappa shape index (κ2) is 4.75. The highest BCUT2D eigenvalue weighted by Crippen LogP contribution is 2.38. The summed E-state index contributed by atoms with van der Waals surface area (Å²) in [4.78, 5) is 13.0. The summed E-state index contributed by atoms with van der Waals surface area (Å²) in [6.45, 7) is 0.920. The van der Waals surface area contributed by atoms with Crippen molar-refractivity contribution in [2.45, 2.75) is 18.9 Å².